The minimum atomic E-state index is -0.254. The minimum absolute atomic E-state index is 0.0932. The van der Waals surface area contributed by atoms with E-state index >= 15 is 0 Å². The zero-order valence-electron chi connectivity index (χ0n) is 12.0. The fourth-order valence-corrected chi connectivity index (χ4v) is 2.58. The molecule has 0 bridgehead atoms. The minimum Gasteiger partial charge on any atom is -0.290 e. The van der Waals surface area contributed by atoms with Gasteiger partial charge in [0.05, 0.1) is 0 Å². The lowest BCUT2D eigenvalue weighted by atomic mass is 9.72. The molecular weight excluding hydrogens is 224 g/mol. The number of hydrazine groups is 1. The van der Waals surface area contributed by atoms with Gasteiger partial charge in [0.1, 0.15) is 0 Å². The quantitative estimate of drug-likeness (QED) is 0.491. The fraction of sp³-hybridized carbons (Fsp3) is 0.533. The Labute approximate surface area is 110 Å². The third-order valence-corrected chi connectivity index (χ3v) is 3.03. The van der Waals surface area contributed by atoms with Crippen molar-refractivity contribution in [3.05, 3.63) is 35.4 Å². The van der Waals surface area contributed by atoms with E-state index in [1.54, 1.807) is 0 Å². The number of rotatable bonds is 3. The van der Waals surface area contributed by atoms with Gasteiger partial charge in [-0.1, -0.05) is 46.8 Å². The number of nitrogen functional groups attached to an aromatic ring is 1. The maximum Gasteiger partial charge on any atom is 0.265 e. The van der Waals surface area contributed by atoms with Crippen LogP contribution < -0.4 is 11.3 Å². The second-order valence-corrected chi connectivity index (χ2v) is 6.67. The van der Waals surface area contributed by atoms with Crippen LogP contribution in [0.4, 0.5) is 0 Å². The first-order valence-electron chi connectivity index (χ1n) is 6.27. The van der Waals surface area contributed by atoms with E-state index in [1.165, 1.54) is 5.56 Å². The molecule has 18 heavy (non-hydrogen) atoms. The molecule has 0 saturated heterocycles. The summed E-state index contributed by atoms with van der Waals surface area (Å²) >= 11 is 0. The first-order valence-corrected chi connectivity index (χ1v) is 6.27. The van der Waals surface area contributed by atoms with Crippen molar-refractivity contribution in [3.8, 4) is 0 Å². The van der Waals surface area contributed by atoms with Crippen LogP contribution in [0.2, 0.25) is 0 Å². The van der Waals surface area contributed by atoms with E-state index in [-0.39, 0.29) is 16.7 Å². The van der Waals surface area contributed by atoms with E-state index < -0.39 is 0 Å². The molecular formula is C15H24N2O. The van der Waals surface area contributed by atoms with Crippen molar-refractivity contribution in [2.24, 2.45) is 11.3 Å². The van der Waals surface area contributed by atoms with Crippen molar-refractivity contribution < 1.29 is 4.79 Å². The van der Waals surface area contributed by atoms with Gasteiger partial charge in [-0.2, -0.15) is 0 Å². The third kappa shape index (κ3) is 3.84. The van der Waals surface area contributed by atoms with Gasteiger partial charge in [0, 0.05) is 5.56 Å². The molecule has 0 aliphatic rings. The molecule has 0 unspecified atom stereocenters. The smallest absolute Gasteiger partial charge is 0.265 e. The van der Waals surface area contributed by atoms with E-state index in [0.717, 1.165) is 6.42 Å². The molecule has 0 atom stereocenters. The normalized spacial score (nSPS) is 12.3. The van der Waals surface area contributed by atoms with Crippen molar-refractivity contribution in [3.63, 3.8) is 0 Å². The summed E-state index contributed by atoms with van der Waals surface area (Å²) in [6.07, 6.45) is 1.09. The van der Waals surface area contributed by atoms with Gasteiger partial charge in [-0.3, -0.25) is 10.2 Å². The molecule has 1 aromatic rings. The molecule has 0 heterocycles. The molecule has 3 nitrogen and oxygen atoms in total. The van der Waals surface area contributed by atoms with Crippen LogP contribution in [-0.2, 0) is 5.41 Å². The van der Waals surface area contributed by atoms with Crippen LogP contribution in [0.5, 0.6) is 0 Å². The number of hydrogen-bond acceptors (Lipinski definition) is 2. The van der Waals surface area contributed by atoms with Crippen molar-refractivity contribution >= 4 is 5.91 Å². The molecule has 0 radical (unpaired) electrons. The lowest BCUT2D eigenvalue weighted by molar-refractivity contribution is 0.0953. The Morgan fingerprint density at radius 3 is 2.00 bits per heavy atom. The Morgan fingerprint density at radius 2 is 1.61 bits per heavy atom. The predicted octanol–water partition coefficient (Wildman–Crippen LogP) is 3.00. The van der Waals surface area contributed by atoms with Crippen LogP contribution in [-0.4, -0.2) is 5.91 Å². The van der Waals surface area contributed by atoms with Crippen LogP contribution >= 0.6 is 0 Å². The first-order chi connectivity index (χ1) is 8.15. The summed E-state index contributed by atoms with van der Waals surface area (Å²) in [5.41, 5.74) is 4.34. The second kappa shape index (κ2) is 5.11. The van der Waals surface area contributed by atoms with Gasteiger partial charge < -0.3 is 0 Å². The van der Waals surface area contributed by atoms with E-state index in [4.69, 9.17) is 5.84 Å². The van der Waals surface area contributed by atoms with Gasteiger partial charge in [-0.15, -0.1) is 0 Å². The number of hydrogen-bond donors (Lipinski definition) is 2. The number of carbonyl (C=O) groups is 1. The first kappa shape index (κ1) is 14.7. The zero-order chi connectivity index (χ0) is 14.0. The van der Waals surface area contributed by atoms with Crippen molar-refractivity contribution in [2.75, 3.05) is 0 Å². The largest absolute Gasteiger partial charge is 0.290 e. The maximum absolute atomic E-state index is 11.4. The van der Waals surface area contributed by atoms with Gasteiger partial charge >= 0.3 is 0 Å². The van der Waals surface area contributed by atoms with Crippen molar-refractivity contribution in [1.82, 2.24) is 5.43 Å². The number of nitrogens with two attached hydrogens (primary N) is 1. The summed E-state index contributed by atoms with van der Waals surface area (Å²) in [6, 6.07) is 7.66. The van der Waals surface area contributed by atoms with E-state index in [0.29, 0.717) is 5.56 Å². The average molecular weight is 248 g/mol. The Kier molecular flexibility index (Phi) is 4.17. The summed E-state index contributed by atoms with van der Waals surface area (Å²) in [5.74, 6) is 4.86. The maximum atomic E-state index is 11.4. The molecule has 1 aromatic carbocycles. The van der Waals surface area contributed by atoms with Gasteiger partial charge in [-0.25, -0.2) is 5.84 Å². The summed E-state index contributed by atoms with van der Waals surface area (Å²) in [5, 5.41) is 0. The molecule has 100 valence electrons. The molecule has 0 aliphatic heterocycles. The van der Waals surface area contributed by atoms with Gasteiger partial charge in [0.15, 0.2) is 0 Å². The number of carbonyl (C=O) groups excluding carboxylic acids is 1. The second-order valence-electron chi connectivity index (χ2n) is 6.67. The Hall–Kier alpha value is -1.35. The molecule has 0 aromatic heterocycles. The van der Waals surface area contributed by atoms with Crippen LogP contribution in [0.3, 0.4) is 0 Å². The molecule has 0 spiro atoms. The predicted molar refractivity (Wildman–Crippen MR) is 75.2 cm³/mol. The Bertz CT molecular complexity index is 413. The fourth-order valence-electron chi connectivity index (χ4n) is 2.58. The summed E-state index contributed by atoms with van der Waals surface area (Å²) < 4.78 is 0. The molecule has 0 fully saturated rings. The monoisotopic (exact) mass is 248 g/mol. The lowest BCUT2D eigenvalue weighted by Crippen LogP contribution is -2.30. The SMILES string of the molecule is CC(C)(C)CC(C)(C)c1ccc(C(=O)NN)cc1. The highest BCUT2D eigenvalue weighted by Gasteiger charge is 2.27. The average Bonchev–Trinajstić information content (AvgIpc) is 2.25. The summed E-state index contributed by atoms with van der Waals surface area (Å²) in [7, 11) is 0. The molecule has 1 amide bonds. The third-order valence-electron chi connectivity index (χ3n) is 3.03. The lowest BCUT2D eigenvalue weighted by Gasteiger charge is -2.33. The van der Waals surface area contributed by atoms with Gasteiger partial charge in [0.2, 0.25) is 0 Å². The van der Waals surface area contributed by atoms with Crippen LogP contribution in [0.1, 0.15) is 57.0 Å². The summed E-state index contributed by atoms with van der Waals surface area (Å²) in [6.45, 7) is 11.2. The highest BCUT2D eigenvalue weighted by Crippen LogP contribution is 2.36. The van der Waals surface area contributed by atoms with Crippen LogP contribution in [0.15, 0.2) is 24.3 Å². The molecule has 3 heteroatoms. The highest BCUT2D eigenvalue weighted by molar-refractivity contribution is 5.93. The number of benzene rings is 1. The summed E-state index contributed by atoms with van der Waals surface area (Å²) in [4.78, 5) is 11.4. The van der Waals surface area contributed by atoms with E-state index in [9.17, 15) is 4.79 Å². The van der Waals surface area contributed by atoms with Crippen molar-refractivity contribution in [1.29, 1.82) is 0 Å². The van der Waals surface area contributed by atoms with Crippen LogP contribution in [0.25, 0.3) is 0 Å². The number of amides is 1. The molecule has 1 rings (SSSR count). The Morgan fingerprint density at radius 1 is 1.11 bits per heavy atom. The standard InChI is InChI=1S/C15H24N2O/c1-14(2,3)10-15(4,5)12-8-6-11(7-9-12)13(18)17-16/h6-9H,10,16H2,1-5H3,(H,17,18). The highest BCUT2D eigenvalue weighted by atomic mass is 16.2. The molecule has 3 N–H and O–H groups in total. The van der Waals surface area contributed by atoms with E-state index in [2.05, 4.69) is 40.0 Å². The van der Waals surface area contributed by atoms with Gasteiger partial charge in [0.25, 0.3) is 5.91 Å². The molecule has 0 saturated carbocycles. The topological polar surface area (TPSA) is 55.1 Å². The van der Waals surface area contributed by atoms with E-state index in [1.807, 2.05) is 24.3 Å². The van der Waals surface area contributed by atoms with Crippen LogP contribution in [0, 0.1) is 5.41 Å². The van der Waals surface area contributed by atoms with Crippen molar-refractivity contribution in [2.45, 2.75) is 46.5 Å². The number of nitrogens with one attached hydrogen (secondary N) is 1. The van der Waals surface area contributed by atoms with Gasteiger partial charge in [-0.05, 0) is 34.9 Å². The zero-order valence-corrected chi connectivity index (χ0v) is 12.0. The molecule has 0 aliphatic carbocycles. The Balaban J connectivity index is 2.94.